The van der Waals surface area contributed by atoms with Gasteiger partial charge in [-0.1, -0.05) is 62.4 Å². The van der Waals surface area contributed by atoms with E-state index in [1.54, 1.807) is 49.2 Å². The van der Waals surface area contributed by atoms with Crippen LogP contribution in [0.5, 0.6) is 0 Å². The Bertz CT molecular complexity index is 2070. The summed E-state index contributed by atoms with van der Waals surface area (Å²) in [5.74, 6) is -1.83. The van der Waals surface area contributed by atoms with Gasteiger partial charge in [-0.2, -0.15) is 0 Å². The van der Waals surface area contributed by atoms with Gasteiger partial charge in [0.2, 0.25) is 17.7 Å². The first kappa shape index (κ1) is 37.6. The smallest absolute Gasteiger partial charge is 0.337 e. The number of thiazole rings is 1. The molecule has 2 heterocycles. The predicted molar refractivity (Wildman–Crippen MR) is 204 cm³/mol. The molecule has 278 valence electrons. The number of carbonyl (C=O) groups is 5. The molecule has 53 heavy (non-hydrogen) atoms. The van der Waals surface area contributed by atoms with Crippen LogP contribution < -0.4 is 21.3 Å². The van der Waals surface area contributed by atoms with Crippen molar-refractivity contribution in [2.75, 3.05) is 19.5 Å². The number of esters is 1. The van der Waals surface area contributed by atoms with Crippen LogP contribution in [0.4, 0.5) is 5.13 Å². The van der Waals surface area contributed by atoms with Crippen molar-refractivity contribution in [2.24, 2.45) is 5.41 Å². The van der Waals surface area contributed by atoms with Gasteiger partial charge in [0.1, 0.15) is 12.1 Å². The van der Waals surface area contributed by atoms with Crippen molar-refractivity contribution in [1.29, 1.82) is 0 Å². The van der Waals surface area contributed by atoms with Crippen LogP contribution in [0, 0.1) is 5.41 Å². The fraction of sp³-hybridized carbons (Fsp3) is 0.400. The molecule has 2 aliphatic rings. The first-order chi connectivity index (χ1) is 25.3. The number of methoxy groups -OCH3 is 1. The number of nitrogens with zero attached hydrogens (tertiary/aromatic N) is 2. The average molecular weight is 739 g/mol. The number of benzene rings is 3. The van der Waals surface area contributed by atoms with E-state index in [4.69, 9.17) is 4.74 Å². The minimum Gasteiger partial charge on any atom is -0.465 e. The van der Waals surface area contributed by atoms with Gasteiger partial charge in [-0.05, 0) is 91.2 Å². The minimum atomic E-state index is -0.928. The maximum atomic E-state index is 14.6. The Labute approximate surface area is 313 Å². The third-order valence-electron chi connectivity index (χ3n) is 10.1. The zero-order chi connectivity index (χ0) is 38.0. The molecule has 1 aliphatic carbocycles. The van der Waals surface area contributed by atoms with E-state index in [-0.39, 0.29) is 36.7 Å². The molecule has 3 aromatic carbocycles. The molecule has 4 amide bonds. The van der Waals surface area contributed by atoms with Crippen LogP contribution in [0.3, 0.4) is 0 Å². The third kappa shape index (κ3) is 8.11. The number of amides is 4. The van der Waals surface area contributed by atoms with Crippen LogP contribution in [-0.4, -0.2) is 71.8 Å². The van der Waals surface area contributed by atoms with E-state index in [1.165, 1.54) is 24.0 Å². The summed E-state index contributed by atoms with van der Waals surface area (Å²) in [6, 6.07) is 15.9. The van der Waals surface area contributed by atoms with Gasteiger partial charge in [-0.15, -0.1) is 0 Å². The fourth-order valence-corrected chi connectivity index (χ4v) is 7.81. The molecule has 4 aromatic rings. The molecule has 1 aromatic heterocycles. The van der Waals surface area contributed by atoms with Gasteiger partial charge < -0.3 is 25.6 Å². The lowest BCUT2D eigenvalue weighted by Gasteiger charge is -2.42. The molecule has 0 radical (unpaired) electrons. The van der Waals surface area contributed by atoms with Crippen LogP contribution >= 0.6 is 11.3 Å². The largest absolute Gasteiger partial charge is 0.465 e. The Hall–Kier alpha value is -5.14. The highest BCUT2D eigenvalue weighted by molar-refractivity contribution is 7.22. The zero-order valence-electron chi connectivity index (χ0n) is 30.9. The topological polar surface area (TPSA) is 159 Å². The highest BCUT2D eigenvalue weighted by atomic mass is 32.1. The average Bonchev–Trinajstić information content (AvgIpc) is 3.56. The molecule has 1 unspecified atom stereocenters. The summed E-state index contributed by atoms with van der Waals surface area (Å²) < 4.78 is 5.60. The molecule has 0 saturated heterocycles. The number of hydrogen-bond acceptors (Lipinski definition) is 9. The van der Waals surface area contributed by atoms with E-state index in [2.05, 4.69) is 32.3 Å². The van der Waals surface area contributed by atoms with Crippen molar-refractivity contribution >= 4 is 56.3 Å². The predicted octanol–water partition coefficient (Wildman–Crippen LogP) is 4.92. The zero-order valence-corrected chi connectivity index (χ0v) is 31.7. The number of rotatable bonds is 9. The van der Waals surface area contributed by atoms with Gasteiger partial charge in [0.15, 0.2) is 5.13 Å². The van der Waals surface area contributed by atoms with Crippen molar-refractivity contribution in [2.45, 2.75) is 84.1 Å². The Kier molecular flexibility index (Phi) is 11.0. The third-order valence-corrected chi connectivity index (χ3v) is 11.1. The number of carbonyl (C=O) groups excluding carboxylic acids is 5. The number of likely N-dealkylation sites (N-methyl/N-ethyl adjacent to an activating group) is 1. The van der Waals surface area contributed by atoms with Gasteiger partial charge in [-0.3, -0.25) is 24.5 Å². The lowest BCUT2D eigenvalue weighted by Crippen LogP contribution is -2.62. The Balaban J connectivity index is 1.29. The molecular weight excluding hydrogens is 693 g/mol. The molecule has 1 aliphatic heterocycles. The molecule has 0 fully saturated rings. The Morgan fingerprint density at radius 3 is 2.45 bits per heavy atom. The van der Waals surface area contributed by atoms with Crippen molar-refractivity contribution in [1.82, 2.24) is 25.8 Å². The molecule has 13 heteroatoms. The first-order valence-corrected chi connectivity index (χ1v) is 18.7. The standard InChI is InChI=1S/C40H46N6O6S/c1-22(41-5)34(47)44-33(40(2,3)4)37(50)46-21-27-18-25(35(48)45-39-43-30-19-26(38(51)52-6)16-17-32(30)53-39)15-14-24(27)20-31(46)36(49)42-29-13-9-11-23-10-7-8-12-28(23)29/h7-8,10,12,14-19,22,29,31,33,41H,9,11,13,20-21H2,1-6H3,(H,42,49)(H,44,47)(H,43,45,48)/t22-,29+,31-,33?/m0/s1. The second kappa shape index (κ2) is 15.5. The summed E-state index contributed by atoms with van der Waals surface area (Å²) in [5, 5.41) is 12.4. The maximum absolute atomic E-state index is 14.6. The van der Waals surface area contributed by atoms with Gasteiger partial charge in [0, 0.05) is 18.5 Å². The maximum Gasteiger partial charge on any atom is 0.337 e. The van der Waals surface area contributed by atoms with Crippen molar-refractivity contribution < 1.29 is 28.7 Å². The van der Waals surface area contributed by atoms with E-state index < -0.39 is 35.4 Å². The summed E-state index contributed by atoms with van der Waals surface area (Å²) in [5.41, 5.74) is 4.47. The molecule has 0 spiro atoms. The Morgan fingerprint density at radius 2 is 1.72 bits per heavy atom. The highest BCUT2D eigenvalue weighted by Crippen LogP contribution is 2.33. The number of nitrogens with one attached hydrogen (secondary N) is 4. The first-order valence-electron chi connectivity index (χ1n) is 17.9. The molecule has 0 saturated carbocycles. The molecule has 6 rings (SSSR count). The van der Waals surface area contributed by atoms with Crippen molar-refractivity contribution in [3.05, 3.63) is 94.0 Å². The number of anilines is 1. The van der Waals surface area contributed by atoms with Gasteiger partial charge in [0.25, 0.3) is 5.91 Å². The van der Waals surface area contributed by atoms with E-state index in [0.717, 1.165) is 40.7 Å². The molecule has 4 atom stereocenters. The number of aromatic nitrogens is 1. The van der Waals surface area contributed by atoms with E-state index >= 15 is 0 Å². The monoisotopic (exact) mass is 738 g/mol. The molecule has 0 bridgehead atoms. The number of fused-ring (bicyclic) bond motifs is 3. The molecule has 12 nitrogen and oxygen atoms in total. The van der Waals surface area contributed by atoms with Crippen LogP contribution in [-0.2, 0) is 38.5 Å². The highest BCUT2D eigenvalue weighted by Gasteiger charge is 2.43. The van der Waals surface area contributed by atoms with Gasteiger partial charge in [0.05, 0.1) is 35.0 Å². The van der Waals surface area contributed by atoms with Crippen molar-refractivity contribution in [3.8, 4) is 0 Å². The van der Waals surface area contributed by atoms with Crippen LogP contribution in [0.25, 0.3) is 10.2 Å². The van der Waals surface area contributed by atoms with E-state index in [9.17, 15) is 24.0 Å². The van der Waals surface area contributed by atoms with Crippen molar-refractivity contribution in [3.63, 3.8) is 0 Å². The van der Waals surface area contributed by atoms with Gasteiger partial charge in [-0.25, -0.2) is 9.78 Å². The fourth-order valence-electron chi connectivity index (χ4n) is 6.97. The Morgan fingerprint density at radius 1 is 0.962 bits per heavy atom. The second-order valence-electron chi connectivity index (χ2n) is 14.8. The number of aryl methyl sites for hydroxylation is 1. The number of hydrogen-bond donors (Lipinski definition) is 4. The lowest BCUT2D eigenvalue weighted by molar-refractivity contribution is -0.147. The van der Waals surface area contributed by atoms with Gasteiger partial charge >= 0.3 is 5.97 Å². The van der Waals surface area contributed by atoms with Crippen LogP contribution in [0.2, 0.25) is 0 Å². The minimum absolute atomic E-state index is 0.0656. The van der Waals surface area contributed by atoms with E-state index in [1.807, 2.05) is 45.0 Å². The summed E-state index contributed by atoms with van der Waals surface area (Å²) in [4.78, 5) is 73.6. The van der Waals surface area contributed by atoms with Crippen LogP contribution in [0.1, 0.15) is 89.5 Å². The van der Waals surface area contributed by atoms with Crippen LogP contribution in [0.15, 0.2) is 60.7 Å². The summed E-state index contributed by atoms with van der Waals surface area (Å²) in [7, 11) is 2.99. The SMILES string of the molecule is CN[C@@H](C)C(=O)NC(C(=O)N1Cc2cc(C(=O)Nc3nc4cc(C(=O)OC)ccc4s3)ccc2C[C@H]1C(=O)N[C@@H]1CCCc2ccccc21)C(C)(C)C. The number of ether oxygens (including phenoxy) is 1. The normalized spacial score (nSPS) is 17.9. The lowest BCUT2D eigenvalue weighted by atomic mass is 9.83. The molecular formula is C40H46N6O6S. The van der Waals surface area contributed by atoms with E-state index in [0.29, 0.717) is 21.8 Å². The summed E-state index contributed by atoms with van der Waals surface area (Å²) in [6.45, 7) is 7.43. The molecule has 4 N–H and O–H groups in total. The second-order valence-corrected chi connectivity index (χ2v) is 15.8. The quantitative estimate of drug-likeness (QED) is 0.176. The summed E-state index contributed by atoms with van der Waals surface area (Å²) in [6.07, 6.45) is 2.92. The summed E-state index contributed by atoms with van der Waals surface area (Å²) >= 11 is 1.28.